The molecule has 1 saturated carbocycles. The van der Waals surface area contributed by atoms with Gasteiger partial charge in [0.25, 0.3) is 5.92 Å². The SMILES string of the molecule is CC(F)(F)C1(C#Cc2nccc3c2CCCN3c2nc(=O)[nH]c3cccc(F)c23)CC1. The number of anilines is 2. The summed E-state index contributed by atoms with van der Waals surface area (Å²) in [6.07, 6.45) is 3.64. The smallest absolute Gasteiger partial charge is 0.325 e. The molecule has 3 heterocycles. The second-order valence-corrected chi connectivity index (χ2v) is 8.16. The van der Waals surface area contributed by atoms with Gasteiger partial charge in [0.2, 0.25) is 0 Å². The van der Waals surface area contributed by atoms with Gasteiger partial charge >= 0.3 is 5.69 Å². The summed E-state index contributed by atoms with van der Waals surface area (Å²) < 4.78 is 42.5. The van der Waals surface area contributed by atoms with Crippen molar-refractivity contribution in [2.24, 2.45) is 5.41 Å². The molecule has 0 bridgehead atoms. The quantitative estimate of drug-likeness (QED) is 0.622. The van der Waals surface area contributed by atoms with Crippen LogP contribution >= 0.6 is 0 Å². The second-order valence-electron chi connectivity index (χ2n) is 8.16. The largest absolute Gasteiger partial charge is 0.347 e. The van der Waals surface area contributed by atoms with Crippen molar-refractivity contribution in [3.8, 4) is 11.8 Å². The fourth-order valence-corrected chi connectivity index (χ4v) is 4.17. The van der Waals surface area contributed by atoms with Gasteiger partial charge in [0.15, 0.2) is 5.82 Å². The maximum Gasteiger partial charge on any atom is 0.347 e. The number of fused-ring (bicyclic) bond motifs is 2. The average molecular weight is 424 g/mol. The predicted octanol–water partition coefficient (Wildman–Crippen LogP) is 4.33. The molecule has 1 aliphatic heterocycles. The molecule has 8 heteroatoms. The van der Waals surface area contributed by atoms with E-state index in [1.807, 2.05) is 0 Å². The van der Waals surface area contributed by atoms with Gasteiger partial charge in [0, 0.05) is 30.9 Å². The van der Waals surface area contributed by atoms with Gasteiger partial charge in [-0.3, -0.25) is 0 Å². The molecule has 0 unspecified atom stereocenters. The van der Waals surface area contributed by atoms with E-state index >= 15 is 0 Å². The van der Waals surface area contributed by atoms with E-state index in [0.717, 1.165) is 12.5 Å². The van der Waals surface area contributed by atoms with Crippen molar-refractivity contribution < 1.29 is 13.2 Å². The molecule has 2 aliphatic rings. The van der Waals surface area contributed by atoms with Gasteiger partial charge in [0.05, 0.1) is 16.3 Å². The Morgan fingerprint density at radius 2 is 2.06 bits per heavy atom. The molecule has 0 amide bonds. The first kappa shape index (κ1) is 19.6. The summed E-state index contributed by atoms with van der Waals surface area (Å²) in [4.78, 5) is 24.9. The van der Waals surface area contributed by atoms with Crippen molar-refractivity contribution >= 4 is 22.4 Å². The van der Waals surface area contributed by atoms with Crippen molar-refractivity contribution in [2.75, 3.05) is 11.4 Å². The van der Waals surface area contributed by atoms with Crippen molar-refractivity contribution in [1.29, 1.82) is 0 Å². The number of nitrogens with one attached hydrogen (secondary N) is 1. The minimum Gasteiger partial charge on any atom is -0.325 e. The number of halogens is 3. The van der Waals surface area contributed by atoms with Crippen molar-refractivity contribution in [3.63, 3.8) is 0 Å². The molecule has 1 N–H and O–H groups in total. The summed E-state index contributed by atoms with van der Waals surface area (Å²) in [5.74, 6) is 2.52. The van der Waals surface area contributed by atoms with Crippen LogP contribution in [0.2, 0.25) is 0 Å². The number of nitrogens with zero attached hydrogens (tertiary/aromatic N) is 3. The van der Waals surface area contributed by atoms with Crippen LogP contribution in [0.3, 0.4) is 0 Å². The molecule has 5 rings (SSSR count). The van der Waals surface area contributed by atoms with Gasteiger partial charge in [-0.1, -0.05) is 12.0 Å². The molecular formula is C23H19F3N4O. The average Bonchev–Trinajstić information content (AvgIpc) is 3.52. The van der Waals surface area contributed by atoms with E-state index in [0.29, 0.717) is 49.1 Å². The van der Waals surface area contributed by atoms with E-state index in [9.17, 15) is 18.0 Å². The lowest BCUT2D eigenvalue weighted by Crippen LogP contribution is -2.29. The van der Waals surface area contributed by atoms with Crippen LogP contribution in [0.25, 0.3) is 10.9 Å². The number of H-pyrrole nitrogens is 1. The number of aromatic amines is 1. The van der Waals surface area contributed by atoms with E-state index in [2.05, 4.69) is 26.8 Å². The maximum atomic E-state index is 14.7. The summed E-state index contributed by atoms with van der Waals surface area (Å²) in [6.45, 7) is 1.43. The standard InChI is InChI=1S/C23H19F3N4O/c1-22(25,26)23(10-11-23)9-7-16-14-4-3-13-30(18(14)8-12-27-16)20-19-15(24)5-2-6-17(19)28-21(31)29-20/h2,5-6,8,12H,3-4,10-11,13H2,1H3,(H,28,29,31). The number of rotatable bonds is 2. The van der Waals surface area contributed by atoms with E-state index in [1.165, 1.54) is 12.1 Å². The minimum atomic E-state index is -2.87. The molecule has 2 aromatic heterocycles. The molecule has 3 aromatic rings. The van der Waals surface area contributed by atoms with Crippen LogP contribution in [0, 0.1) is 23.1 Å². The first-order valence-electron chi connectivity index (χ1n) is 10.1. The molecule has 1 aromatic carbocycles. The van der Waals surface area contributed by atoms with Crippen molar-refractivity contribution in [1.82, 2.24) is 15.0 Å². The van der Waals surface area contributed by atoms with Crippen LogP contribution in [-0.4, -0.2) is 27.4 Å². The van der Waals surface area contributed by atoms with Crippen LogP contribution in [-0.2, 0) is 6.42 Å². The minimum absolute atomic E-state index is 0.224. The van der Waals surface area contributed by atoms with Gasteiger partial charge in [-0.2, -0.15) is 4.98 Å². The molecule has 1 fully saturated rings. The Bertz CT molecular complexity index is 1310. The van der Waals surface area contributed by atoms with Gasteiger partial charge in [-0.25, -0.2) is 22.9 Å². The highest BCUT2D eigenvalue weighted by Crippen LogP contribution is 2.56. The van der Waals surface area contributed by atoms with Crippen LogP contribution in [0.4, 0.5) is 24.7 Å². The molecule has 158 valence electrons. The molecule has 1 aliphatic carbocycles. The zero-order valence-electron chi connectivity index (χ0n) is 16.8. The van der Waals surface area contributed by atoms with Crippen molar-refractivity contribution in [3.05, 3.63) is 58.0 Å². The number of aromatic nitrogens is 3. The Hall–Kier alpha value is -3.34. The molecule has 31 heavy (non-hydrogen) atoms. The fraction of sp³-hybridized carbons (Fsp3) is 0.348. The Morgan fingerprint density at radius 1 is 1.26 bits per heavy atom. The normalized spacial score (nSPS) is 17.1. The molecule has 5 nitrogen and oxygen atoms in total. The van der Waals surface area contributed by atoms with Crippen LogP contribution in [0.1, 0.15) is 37.4 Å². The topological polar surface area (TPSA) is 61.9 Å². The van der Waals surface area contributed by atoms with Gasteiger partial charge < -0.3 is 9.88 Å². The summed E-state index contributed by atoms with van der Waals surface area (Å²) in [5, 5.41) is 0.224. The second kappa shape index (κ2) is 6.84. The van der Waals surface area contributed by atoms with Crippen molar-refractivity contribution in [2.45, 2.75) is 38.5 Å². The first-order valence-corrected chi connectivity index (χ1v) is 10.1. The number of alkyl halides is 2. The first-order chi connectivity index (χ1) is 14.8. The molecule has 0 spiro atoms. The highest BCUT2D eigenvalue weighted by Gasteiger charge is 2.58. The van der Waals surface area contributed by atoms with E-state index < -0.39 is 22.8 Å². The molecule has 0 atom stereocenters. The number of pyridine rings is 1. The van der Waals surface area contributed by atoms with Gasteiger partial charge in [-0.05, 0) is 49.8 Å². The van der Waals surface area contributed by atoms with Crippen LogP contribution in [0.15, 0.2) is 35.3 Å². The molecular weight excluding hydrogens is 405 g/mol. The maximum absolute atomic E-state index is 14.7. The Balaban J connectivity index is 1.63. The molecule has 0 saturated heterocycles. The van der Waals surface area contributed by atoms with Gasteiger partial charge in [0.1, 0.15) is 11.5 Å². The Kier molecular flexibility index (Phi) is 4.33. The highest BCUT2D eigenvalue weighted by atomic mass is 19.3. The monoisotopic (exact) mass is 424 g/mol. The third kappa shape index (κ3) is 3.25. The highest BCUT2D eigenvalue weighted by molar-refractivity contribution is 5.92. The predicted molar refractivity (Wildman–Crippen MR) is 111 cm³/mol. The Morgan fingerprint density at radius 3 is 2.81 bits per heavy atom. The third-order valence-electron chi connectivity index (χ3n) is 6.08. The summed E-state index contributed by atoms with van der Waals surface area (Å²) >= 11 is 0. The Labute approximate surface area is 176 Å². The zero-order chi connectivity index (χ0) is 21.8. The van der Waals surface area contributed by atoms with E-state index in [1.54, 1.807) is 23.2 Å². The lowest BCUT2D eigenvalue weighted by Gasteiger charge is -2.31. The number of benzene rings is 1. The lowest BCUT2D eigenvalue weighted by atomic mass is 9.97. The molecule has 0 radical (unpaired) electrons. The lowest BCUT2D eigenvalue weighted by molar-refractivity contribution is -0.0294. The van der Waals surface area contributed by atoms with Crippen LogP contribution < -0.4 is 10.6 Å². The summed E-state index contributed by atoms with van der Waals surface area (Å²) in [7, 11) is 0. The summed E-state index contributed by atoms with van der Waals surface area (Å²) in [5.41, 5.74) is 0.447. The number of hydrogen-bond acceptors (Lipinski definition) is 4. The summed E-state index contributed by atoms with van der Waals surface area (Å²) in [6, 6.07) is 6.23. The zero-order valence-corrected chi connectivity index (χ0v) is 16.8. The van der Waals surface area contributed by atoms with E-state index in [-0.39, 0.29) is 11.2 Å². The van der Waals surface area contributed by atoms with Gasteiger partial charge in [-0.15, -0.1) is 0 Å². The fourth-order valence-electron chi connectivity index (χ4n) is 4.17. The third-order valence-corrected chi connectivity index (χ3v) is 6.08. The number of hydrogen-bond donors (Lipinski definition) is 1. The van der Waals surface area contributed by atoms with Crippen LogP contribution in [0.5, 0.6) is 0 Å². The van der Waals surface area contributed by atoms with E-state index in [4.69, 9.17) is 0 Å².